The average molecular weight is 243 g/mol. The van der Waals surface area contributed by atoms with Crippen molar-refractivity contribution in [3.63, 3.8) is 0 Å². The van der Waals surface area contributed by atoms with Crippen molar-refractivity contribution < 1.29 is 0 Å². The maximum atomic E-state index is 5.63. The second-order valence-electron chi connectivity index (χ2n) is 5.50. The van der Waals surface area contributed by atoms with Crippen LogP contribution in [0.25, 0.3) is 11.0 Å². The molecule has 1 aliphatic rings. The Morgan fingerprint density at radius 1 is 1.44 bits per heavy atom. The number of fused-ring (bicyclic) bond motifs is 1. The number of hydrogen-bond donors (Lipinski definition) is 2. The number of aromatic amines is 1. The molecule has 0 amide bonds. The van der Waals surface area contributed by atoms with Crippen LogP contribution in [-0.4, -0.2) is 16.5 Å². The van der Waals surface area contributed by atoms with E-state index in [4.69, 9.17) is 10.7 Å². The van der Waals surface area contributed by atoms with Gasteiger partial charge in [-0.2, -0.15) is 0 Å². The molecule has 3 heteroatoms. The average Bonchev–Trinajstić information content (AvgIpc) is 2.68. The fourth-order valence-electron chi connectivity index (χ4n) is 2.65. The molecule has 1 saturated carbocycles. The summed E-state index contributed by atoms with van der Waals surface area (Å²) in [4.78, 5) is 8.19. The van der Waals surface area contributed by atoms with Gasteiger partial charge in [0.25, 0.3) is 0 Å². The van der Waals surface area contributed by atoms with Crippen molar-refractivity contribution in [2.45, 2.75) is 44.4 Å². The van der Waals surface area contributed by atoms with Gasteiger partial charge in [-0.3, -0.25) is 0 Å². The number of rotatable bonds is 4. The van der Waals surface area contributed by atoms with Crippen LogP contribution in [0.2, 0.25) is 0 Å². The molecule has 0 spiro atoms. The zero-order valence-corrected chi connectivity index (χ0v) is 10.9. The van der Waals surface area contributed by atoms with Crippen molar-refractivity contribution in [3.8, 4) is 0 Å². The van der Waals surface area contributed by atoms with Crippen molar-refractivity contribution >= 4 is 11.0 Å². The summed E-state index contributed by atoms with van der Waals surface area (Å²) in [5.41, 5.74) is 9.26. The second kappa shape index (κ2) is 4.73. The molecule has 0 aliphatic heterocycles. The van der Waals surface area contributed by atoms with Crippen molar-refractivity contribution in [1.82, 2.24) is 9.97 Å². The van der Waals surface area contributed by atoms with Crippen LogP contribution >= 0.6 is 0 Å². The Bertz CT molecular complexity index is 540. The van der Waals surface area contributed by atoms with E-state index in [2.05, 4.69) is 30.1 Å². The number of benzene rings is 1. The van der Waals surface area contributed by atoms with E-state index in [0.29, 0.717) is 11.8 Å². The minimum atomic E-state index is 0.523. The summed E-state index contributed by atoms with van der Waals surface area (Å²) in [7, 11) is 0. The summed E-state index contributed by atoms with van der Waals surface area (Å²) in [5.74, 6) is 2.37. The Labute approximate surface area is 108 Å². The number of nitrogens with two attached hydrogens (primary N) is 1. The van der Waals surface area contributed by atoms with Gasteiger partial charge in [0, 0.05) is 5.92 Å². The molecule has 1 aliphatic carbocycles. The normalized spacial score (nSPS) is 17.9. The topological polar surface area (TPSA) is 54.7 Å². The molecule has 1 unspecified atom stereocenters. The molecular formula is C15H21N3. The smallest absolute Gasteiger partial charge is 0.110 e. The molecule has 3 N–H and O–H groups in total. The SMILES string of the molecule is CC(CCN)c1ccc2nc(C3CCC3)[nH]c2c1. The third-order valence-corrected chi connectivity index (χ3v) is 4.18. The molecule has 0 radical (unpaired) electrons. The zero-order chi connectivity index (χ0) is 12.5. The largest absolute Gasteiger partial charge is 0.342 e. The first-order valence-electron chi connectivity index (χ1n) is 6.97. The standard InChI is InChI=1S/C15H21N3/c1-10(7-8-16)12-5-6-13-14(9-12)18-15(17-13)11-3-2-4-11/h5-6,9-11H,2-4,7-8,16H2,1H3,(H,17,18). The number of aromatic nitrogens is 2. The Balaban J connectivity index is 1.91. The molecule has 96 valence electrons. The van der Waals surface area contributed by atoms with E-state index < -0.39 is 0 Å². The number of H-pyrrole nitrogens is 1. The van der Waals surface area contributed by atoms with Gasteiger partial charge in [0.2, 0.25) is 0 Å². The third kappa shape index (κ3) is 2.03. The fourth-order valence-corrected chi connectivity index (χ4v) is 2.65. The second-order valence-corrected chi connectivity index (χ2v) is 5.50. The molecule has 0 bridgehead atoms. The lowest BCUT2D eigenvalue weighted by Gasteiger charge is -2.22. The van der Waals surface area contributed by atoms with Crippen LogP contribution in [-0.2, 0) is 0 Å². The van der Waals surface area contributed by atoms with Crippen molar-refractivity contribution in [3.05, 3.63) is 29.6 Å². The first kappa shape index (κ1) is 11.7. The van der Waals surface area contributed by atoms with Gasteiger partial charge < -0.3 is 10.7 Å². The molecule has 1 aromatic carbocycles. The summed E-state index contributed by atoms with van der Waals surface area (Å²) < 4.78 is 0. The lowest BCUT2D eigenvalue weighted by Crippen LogP contribution is -2.10. The lowest BCUT2D eigenvalue weighted by atomic mass is 9.85. The first-order chi connectivity index (χ1) is 8.78. The van der Waals surface area contributed by atoms with Crippen LogP contribution in [0.5, 0.6) is 0 Å². The summed E-state index contributed by atoms with van der Waals surface area (Å²) >= 11 is 0. The molecule has 1 atom stereocenters. The van der Waals surface area contributed by atoms with Gasteiger partial charge in [-0.25, -0.2) is 4.98 Å². The van der Waals surface area contributed by atoms with Gasteiger partial charge in [-0.1, -0.05) is 19.4 Å². The highest BCUT2D eigenvalue weighted by atomic mass is 14.9. The van der Waals surface area contributed by atoms with E-state index in [-0.39, 0.29) is 0 Å². The quantitative estimate of drug-likeness (QED) is 0.865. The van der Waals surface area contributed by atoms with E-state index in [1.807, 2.05) is 0 Å². The molecule has 1 aromatic heterocycles. The monoisotopic (exact) mass is 243 g/mol. The molecule has 18 heavy (non-hydrogen) atoms. The Kier molecular flexibility index (Phi) is 3.08. The predicted octanol–water partition coefficient (Wildman–Crippen LogP) is 3.28. The van der Waals surface area contributed by atoms with Crippen molar-refractivity contribution in [1.29, 1.82) is 0 Å². The van der Waals surface area contributed by atoms with Crippen LogP contribution in [0.1, 0.15) is 55.8 Å². The third-order valence-electron chi connectivity index (χ3n) is 4.18. The van der Waals surface area contributed by atoms with Gasteiger partial charge in [0.05, 0.1) is 11.0 Å². The van der Waals surface area contributed by atoms with E-state index in [1.54, 1.807) is 0 Å². The van der Waals surface area contributed by atoms with E-state index in [9.17, 15) is 0 Å². The van der Waals surface area contributed by atoms with Gasteiger partial charge >= 0.3 is 0 Å². The highest BCUT2D eigenvalue weighted by Crippen LogP contribution is 2.35. The first-order valence-corrected chi connectivity index (χ1v) is 6.97. The van der Waals surface area contributed by atoms with Crippen LogP contribution in [0.15, 0.2) is 18.2 Å². The van der Waals surface area contributed by atoms with Crippen molar-refractivity contribution in [2.75, 3.05) is 6.54 Å². The molecule has 1 fully saturated rings. The molecular weight excluding hydrogens is 222 g/mol. The summed E-state index contributed by atoms with van der Waals surface area (Å²) in [6.07, 6.45) is 4.96. The maximum absolute atomic E-state index is 5.63. The molecule has 0 saturated heterocycles. The van der Waals surface area contributed by atoms with Gasteiger partial charge in [0.15, 0.2) is 0 Å². The van der Waals surface area contributed by atoms with E-state index in [1.165, 1.54) is 36.2 Å². The summed E-state index contributed by atoms with van der Waals surface area (Å²) in [6.45, 7) is 2.98. The van der Waals surface area contributed by atoms with E-state index in [0.717, 1.165) is 18.5 Å². The Morgan fingerprint density at radius 3 is 2.94 bits per heavy atom. The summed E-state index contributed by atoms with van der Waals surface area (Å²) in [6, 6.07) is 6.56. The lowest BCUT2D eigenvalue weighted by molar-refractivity contribution is 0.405. The number of nitrogens with one attached hydrogen (secondary N) is 1. The fraction of sp³-hybridized carbons (Fsp3) is 0.533. The minimum Gasteiger partial charge on any atom is -0.342 e. The van der Waals surface area contributed by atoms with E-state index >= 15 is 0 Å². The van der Waals surface area contributed by atoms with Crippen LogP contribution in [0.3, 0.4) is 0 Å². The number of nitrogens with zero attached hydrogens (tertiary/aromatic N) is 1. The van der Waals surface area contributed by atoms with Crippen LogP contribution < -0.4 is 5.73 Å². The van der Waals surface area contributed by atoms with Gasteiger partial charge in [-0.15, -0.1) is 0 Å². The maximum Gasteiger partial charge on any atom is 0.110 e. The Hall–Kier alpha value is -1.35. The minimum absolute atomic E-state index is 0.523. The predicted molar refractivity (Wildman–Crippen MR) is 74.8 cm³/mol. The molecule has 2 aromatic rings. The van der Waals surface area contributed by atoms with Crippen LogP contribution in [0.4, 0.5) is 0 Å². The Morgan fingerprint density at radius 2 is 2.28 bits per heavy atom. The number of hydrogen-bond acceptors (Lipinski definition) is 2. The van der Waals surface area contributed by atoms with Gasteiger partial charge in [-0.05, 0) is 49.4 Å². The summed E-state index contributed by atoms with van der Waals surface area (Å²) in [5, 5.41) is 0. The molecule has 1 heterocycles. The van der Waals surface area contributed by atoms with Crippen LogP contribution in [0, 0.1) is 0 Å². The highest BCUT2D eigenvalue weighted by Gasteiger charge is 2.22. The van der Waals surface area contributed by atoms with Crippen molar-refractivity contribution in [2.24, 2.45) is 5.73 Å². The molecule has 3 nitrogen and oxygen atoms in total. The zero-order valence-electron chi connectivity index (χ0n) is 10.9. The molecule has 3 rings (SSSR count). The van der Waals surface area contributed by atoms with Gasteiger partial charge in [0.1, 0.15) is 5.82 Å². The highest BCUT2D eigenvalue weighted by molar-refractivity contribution is 5.76. The number of imidazole rings is 1.